The van der Waals surface area contributed by atoms with Crippen LogP contribution < -0.4 is 0 Å². The van der Waals surface area contributed by atoms with Gasteiger partial charge < -0.3 is 14.9 Å². The number of allylic oxidation sites excluding steroid dienone is 3. The molecule has 0 radical (unpaired) electrons. The van der Waals surface area contributed by atoms with Gasteiger partial charge in [-0.1, -0.05) is 101 Å². The molecule has 1 aromatic carbocycles. The van der Waals surface area contributed by atoms with Crippen molar-refractivity contribution in [1.82, 2.24) is 0 Å². The smallest absolute Gasteiger partial charge is 0.363 e. The minimum Gasteiger partial charge on any atom is -0.508 e. The largest absolute Gasteiger partial charge is 0.508 e. The summed E-state index contributed by atoms with van der Waals surface area (Å²) in [7, 11) is -5.21. The van der Waals surface area contributed by atoms with Gasteiger partial charge in [0, 0.05) is 5.57 Å². The second kappa shape index (κ2) is 7.70. The van der Waals surface area contributed by atoms with Crippen molar-refractivity contribution in [3.05, 3.63) is 58.9 Å². The molecular formula is C21H27Cl4O4P. The van der Waals surface area contributed by atoms with Crippen molar-refractivity contribution in [1.29, 1.82) is 0 Å². The molecule has 1 aliphatic carbocycles. The van der Waals surface area contributed by atoms with E-state index < -0.39 is 32.2 Å². The van der Waals surface area contributed by atoms with Crippen LogP contribution in [0.15, 0.2) is 53.3 Å². The van der Waals surface area contributed by atoms with Crippen LogP contribution in [0.25, 0.3) is 0 Å². The molecule has 9 heteroatoms. The van der Waals surface area contributed by atoms with Crippen LogP contribution in [0, 0.1) is 10.8 Å². The van der Waals surface area contributed by atoms with Crippen molar-refractivity contribution in [3.63, 3.8) is 0 Å². The molecule has 1 aromatic rings. The van der Waals surface area contributed by atoms with Gasteiger partial charge in [0.2, 0.25) is 4.07 Å². The van der Waals surface area contributed by atoms with E-state index in [1.165, 1.54) is 6.08 Å². The highest BCUT2D eigenvalue weighted by Crippen LogP contribution is 2.73. The highest BCUT2D eigenvalue weighted by molar-refractivity contribution is 7.58. The summed E-state index contributed by atoms with van der Waals surface area (Å²) in [6.07, 6.45) is 1.30. The molecule has 4 nitrogen and oxygen atoms in total. The second-order valence-electron chi connectivity index (χ2n) is 9.60. The van der Waals surface area contributed by atoms with Crippen LogP contribution in [-0.2, 0) is 9.44 Å². The molecule has 0 fully saturated rings. The lowest BCUT2D eigenvalue weighted by molar-refractivity contribution is 0.293. The van der Waals surface area contributed by atoms with Gasteiger partial charge in [-0.2, -0.15) is 0 Å². The van der Waals surface area contributed by atoms with Crippen molar-refractivity contribution >= 4 is 54.0 Å². The average molecular weight is 516 g/mol. The van der Waals surface area contributed by atoms with Crippen LogP contribution in [0.4, 0.5) is 0 Å². The van der Waals surface area contributed by atoms with Crippen molar-refractivity contribution < 1.29 is 19.5 Å². The lowest BCUT2D eigenvalue weighted by atomic mass is 9.63. The van der Waals surface area contributed by atoms with E-state index >= 15 is 0 Å². The van der Waals surface area contributed by atoms with Crippen molar-refractivity contribution in [3.8, 4) is 0 Å². The number of hydrogen-bond donors (Lipinski definition) is 3. The Morgan fingerprint density at radius 1 is 0.900 bits per heavy atom. The molecule has 168 valence electrons. The summed E-state index contributed by atoms with van der Waals surface area (Å²) < 4.78 is 9.64. The van der Waals surface area contributed by atoms with Crippen LogP contribution >= 0.6 is 54.0 Å². The van der Waals surface area contributed by atoms with E-state index in [1.54, 1.807) is 30.3 Å². The summed E-state index contributed by atoms with van der Waals surface area (Å²) in [5, 5.41) is 11.4. The van der Waals surface area contributed by atoms with E-state index in [0.717, 1.165) is 0 Å². The Bertz CT molecular complexity index is 938. The Morgan fingerprint density at radius 2 is 1.37 bits per heavy atom. The molecule has 0 saturated heterocycles. The first kappa shape index (κ1) is 26.1. The first-order valence-corrected chi connectivity index (χ1v) is 12.4. The number of rotatable bonds is 3. The Hall–Kier alpha value is -0.190. The summed E-state index contributed by atoms with van der Waals surface area (Å²) in [5.74, 6) is -0.0972. The van der Waals surface area contributed by atoms with Gasteiger partial charge in [0.1, 0.15) is 15.5 Å². The van der Waals surface area contributed by atoms with E-state index in [9.17, 15) is 19.5 Å². The Morgan fingerprint density at radius 3 is 1.73 bits per heavy atom. The van der Waals surface area contributed by atoms with E-state index in [-0.39, 0.29) is 11.3 Å². The summed E-state index contributed by atoms with van der Waals surface area (Å²) in [6, 6.07) is 8.49. The van der Waals surface area contributed by atoms with Gasteiger partial charge in [0.25, 0.3) is 0 Å². The lowest BCUT2D eigenvalue weighted by Gasteiger charge is -2.54. The Kier molecular flexibility index (Phi) is 6.69. The van der Waals surface area contributed by atoms with Crippen molar-refractivity contribution in [2.45, 2.75) is 55.4 Å². The minimum atomic E-state index is -5.21. The molecule has 2 unspecified atom stereocenters. The van der Waals surface area contributed by atoms with Crippen molar-refractivity contribution in [2.24, 2.45) is 10.8 Å². The lowest BCUT2D eigenvalue weighted by Crippen LogP contribution is -2.58. The monoisotopic (exact) mass is 514 g/mol. The van der Waals surface area contributed by atoms with Crippen LogP contribution in [0.3, 0.4) is 0 Å². The van der Waals surface area contributed by atoms with E-state index in [0.29, 0.717) is 11.1 Å². The Labute approximate surface area is 198 Å². The third kappa shape index (κ3) is 3.88. The molecule has 0 heterocycles. The first-order valence-electron chi connectivity index (χ1n) is 9.27. The summed E-state index contributed by atoms with van der Waals surface area (Å²) >= 11 is 27.1. The molecule has 0 aromatic heterocycles. The maximum Gasteiger partial charge on any atom is 0.363 e. The van der Waals surface area contributed by atoms with Crippen LogP contribution in [-0.4, -0.2) is 23.8 Å². The molecule has 2 rings (SSSR count). The fraction of sp³-hybridized carbons (Fsp3) is 0.524. The van der Waals surface area contributed by atoms with Crippen LogP contribution in [0.5, 0.6) is 0 Å². The SMILES string of the molecule is CC(C)(C)C1=CC(Cl)(C(Cl)(Cl)P(=O)(O)O)C(Cl)(c2ccccc2)C(C(C)(C)C)=C1O. The van der Waals surface area contributed by atoms with Gasteiger partial charge in [0.15, 0.2) is 0 Å². The standard InChI is InChI=1S/C21H27Cl4O4P/c1-17(2,3)14-12-19(22,21(24,25)30(27,28)29)20(23,13-10-8-7-9-11-13)16(15(14)26)18(4,5)6/h7-12,26H,1-6H3,(H2,27,28,29). The van der Waals surface area contributed by atoms with Crippen LogP contribution in [0.1, 0.15) is 47.1 Å². The molecular weight excluding hydrogens is 489 g/mol. The maximum atomic E-state index is 12.5. The molecule has 0 spiro atoms. The third-order valence-electron chi connectivity index (χ3n) is 5.21. The number of benzene rings is 1. The molecule has 2 atom stereocenters. The van der Waals surface area contributed by atoms with Crippen LogP contribution in [0.2, 0.25) is 0 Å². The summed E-state index contributed by atoms with van der Waals surface area (Å²) in [5.41, 5.74) is -0.431. The molecule has 1 aliphatic rings. The highest BCUT2D eigenvalue weighted by Gasteiger charge is 2.72. The van der Waals surface area contributed by atoms with Gasteiger partial charge in [-0.15, -0.1) is 23.2 Å². The molecule has 0 saturated carbocycles. The zero-order valence-electron chi connectivity index (χ0n) is 17.7. The molecule has 0 amide bonds. The molecule has 0 aliphatic heterocycles. The van der Waals surface area contributed by atoms with E-state index in [1.807, 2.05) is 41.5 Å². The topological polar surface area (TPSA) is 77.8 Å². The number of alkyl halides is 4. The predicted molar refractivity (Wildman–Crippen MR) is 126 cm³/mol. The van der Waals surface area contributed by atoms with E-state index in [4.69, 9.17) is 46.4 Å². The van der Waals surface area contributed by atoms with Crippen molar-refractivity contribution in [2.75, 3.05) is 0 Å². The normalized spacial score (nSPS) is 26.6. The Balaban J connectivity index is 3.15. The molecule has 0 bridgehead atoms. The van der Waals surface area contributed by atoms with Gasteiger partial charge in [-0.25, -0.2) is 0 Å². The van der Waals surface area contributed by atoms with E-state index in [2.05, 4.69) is 0 Å². The zero-order chi connectivity index (χ0) is 23.6. The summed E-state index contributed by atoms with van der Waals surface area (Å²) in [4.78, 5) is 16.1. The fourth-order valence-electron chi connectivity index (χ4n) is 3.82. The maximum absolute atomic E-state index is 12.5. The molecule has 30 heavy (non-hydrogen) atoms. The van der Waals surface area contributed by atoms with Gasteiger partial charge in [-0.3, -0.25) is 4.57 Å². The zero-order valence-corrected chi connectivity index (χ0v) is 21.6. The average Bonchev–Trinajstić information content (AvgIpc) is 2.55. The molecule has 3 N–H and O–H groups in total. The number of hydrogen-bond acceptors (Lipinski definition) is 2. The minimum absolute atomic E-state index is 0.0972. The predicted octanol–water partition coefficient (Wildman–Crippen LogP) is 7.25. The van der Waals surface area contributed by atoms with Gasteiger partial charge >= 0.3 is 7.60 Å². The number of aliphatic hydroxyl groups excluding tert-OH is 1. The summed E-state index contributed by atoms with van der Waals surface area (Å²) in [6.45, 7) is 11.0. The number of halogens is 4. The fourth-order valence-corrected chi connectivity index (χ4v) is 6.37. The quantitative estimate of drug-likeness (QED) is 0.292. The van der Waals surface area contributed by atoms with Gasteiger partial charge in [0.05, 0.1) is 0 Å². The van der Waals surface area contributed by atoms with Gasteiger partial charge in [-0.05, 0) is 22.0 Å². The third-order valence-corrected chi connectivity index (χ3v) is 10.0. The number of aliphatic hydroxyl groups is 1. The second-order valence-corrected chi connectivity index (χ2v) is 14.4. The first-order chi connectivity index (χ1) is 13.2. The highest BCUT2D eigenvalue weighted by atomic mass is 35.5.